The molecule has 0 aromatic rings. The largest absolute Gasteiger partial charge is 0.395 e. The highest BCUT2D eigenvalue weighted by Gasteiger charge is 2.46. The fraction of sp³-hybridized carbons (Fsp3) is 0.909. The molecule has 0 radical (unpaired) electrons. The Balaban J connectivity index is 2.18. The fourth-order valence-corrected chi connectivity index (χ4v) is 2.52. The zero-order chi connectivity index (χ0) is 11.9. The molecule has 16 heavy (non-hydrogen) atoms. The topological polar surface area (TPSA) is 55.8 Å². The van der Waals surface area contributed by atoms with Gasteiger partial charge in [0.05, 0.1) is 18.7 Å². The lowest BCUT2D eigenvalue weighted by Crippen LogP contribution is -2.58. The number of hydrogen-bond donors (Lipinski definition) is 2. The summed E-state index contributed by atoms with van der Waals surface area (Å²) in [5.41, 5.74) is -0.144. The summed E-state index contributed by atoms with van der Waals surface area (Å²) in [5.74, 6) is 0. The normalized spacial score (nSPS) is 30.9. The Morgan fingerprint density at radius 2 is 2.19 bits per heavy atom. The summed E-state index contributed by atoms with van der Waals surface area (Å²) >= 11 is 0. The van der Waals surface area contributed by atoms with Gasteiger partial charge < -0.3 is 20.2 Å². The number of hydrogen-bond acceptors (Lipinski definition) is 3. The molecule has 2 N–H and O–H groups in total. The number of piperazine rings is 1. The second-order valence-corrected chi connectivity index (χ2v) is 5.57. The Morgan fingerprint density at radius 3 is 2.75 bits per heavy atom. The minimum absolute atomic E-state index is 0.0186. The standard InChI is InChI=1S/C11H21N3O2/c1-11(2,3)14-6-9-8(7-15)12-4-5-13(9)10(14)16/h8-9,12,15H,4-7H2,1-3H3/t8?,9-/m1/s1. The highest BCUT2D eigenvalue weighted by Crippen LogP contribution is 2.27. The van der Waals surface area contributed by atoms with Gasteiger partial charge in [-0.1, -0.05) is 0 Å². The summed E-state index contributed by atoms with van der Waals surface area (Å²) in [6.45, 7) is 8.45. The molecule has 92 valence electrons. The quantitative estimate of drug-likeness (QED) is 0.655. The van der Waals surface area contributed by atoms with Gasteiger partial charge in [0.1, 0.15) is 0 Å². The van der Waals surface area contributed by atoms with Gasteiger partial charge in [0, 0.05) is 25.2 Å². The van der Waals surface area contributed by atoms with Crippen molar-refractivity contribution in [1.29, 1.82) is 0 Å². The summed E-state index contributed by atoms with van der Waals surface area (Å²) in [7, 11) is 0. The summed E-state index contributed by atoms with van der Waals surface area (Å²) in [6.07, 6.45) is 0. The van der Waals surface area contributed by atoms with Gasteiger partial charge in [0.2, 0.25) is 0 Å². The van der Waals surface area contributed by atoms with Crippen LogP contribution in [0.3, 0.4) is 0 Å². The van der Waals surface area contributed by atoms with E-state index in [2.05, 4.69) is 5.32 Å². The van der Waals surface area contributed by atoms with E-state index >= 15 is 0 Å². The van der Waals surface area contributed by atoms with Gasteiger partial charge in [-0.2, -0.15) is 0 Å². The Hall–Kier alpha value is -0.810. The van der Waals surface area contributed by atoms with Crippen molar-refractivity contribution >= 4 is 6.03 Å². The van der Waals surface area contributed by atoms with Gasteiger partial charge in [0.25, 0.3) is 0 Å². The van der Waals surface area contributed by atoms with Crippen LogP contribution in [0.2, 0.25) is 0 Å². The summed E-state index contributed by atoms with van der Waals surface area (Å²) in [4.78, 5) is 16.0. The second kappa shape index (κ2) is 3.89. The van der Waals surface area contributed by atoms with Crippen LogP contribution in [-0.4, -0.2) is 64.8 Å². The van der Waals surface area contributed by atoms with E-state index in [0.29, 0.717) is 6.54 Å². The summed E-state index contributed by atoms with van der Waals surface area (Å²) < 4.78 is 0. The number of nitrogens with one attached hydrogen (secondary N) is 1. The minimum atomic E-state index is -0.144. The van der Waals surface area contributed by atoms with E-state index in [1.54, 1.807) is 0 Å². The first kappa shape index (κ1) is 11.7. The fourth-order valence-electron chi connectivity index (χ4n) is 2.52. The zero-order valence-electron chi connectivity index (χ0n) is 10.2. The first-order chi connectivity index (χ1) is 7.45. The maximum Gasteiger partial charge on any atom is 0.320 e. The predicted molar refractivity (Wildman–Crippen MR) is 61.2 cm³/mol. The molecule has 2 rings (SSSR count). The maximum absolute atomic E-state index is 12.2. The average molecular weight is 227 g/mol. The monoisotopic (exact) mass is 227 g/mol. The highest BCUT2D eigenvalue weighted by molar-refractivity contribution is 5.78. The number of rotatable bonds is 1. The first-order valence-corrected chi connectivity index (χ1v) is 5.87. The zero-order valence-corrected chi connectivity index (χ0v) is 10.2. The lowest BCUT2D eigenvalue weighted by atomic mass is 10.0. The number of aliphatic hydroxyl groups excluding tert-OH is 1. The van der Waals surface area contributed by atoms with Gasteiger partial charge in [-0.15, -0.1) is 0 Å². The summed E-state index contributed by atoms with van der Waals surface area (Å²) in [6, 6.07) is 0.243. The number of carbonyl (C=O) groups is 1. The van der Waals surface area contributed by atoms with E-state index in [4.69, 9.17) is 0 Å². The predicted octanol–water partition coefficient (Wildman–Crippen LogP) is -0.145. The van der Waals surface area contributed by atoms with Gasteiger partial charge >= 0.3 is 6.03 Å². The molecular formula is C11H21N3O2. The molecule has 2 fully saturated rings. The first-order valence-electron chi connectivity index (χ1n) is 5.87. The Morgan fingerprint density at radius 1 is 1.50 bits per heavy atom. The lowest BCUT2D eigenvalue weighted by molar-refractivity contribution is 0.130. The third-order valence-corrected chi connectivity index (χ3v) is 3.48. The minimum Gasteiger partial charge on any atom is -0.395 e. The van der Waals surface area contributed by atoms with Crippen molar-refractivity contribution in [3.8, 4) is 0 Å². The van der Waals surface area contributed by atoms with Crippen molar-refractivity contribution in [3.05, 3.63) is 0 Å². The molecule has 2 atom stereocenters. The van der Waals surface area contributed by atoms with Crippen LogP contribution in [0.15, 0.2) is 0 Å². The molecular weight excluding hydrogens is 206 g/mol. The molecule has 0 aromatic heterocycles. The lowest BCUT2D eigenvalue weighted by Gasteiger charge is -2.35. The number of aliphatic hydroxyl groups is 1. The molecule has 0 saturated carbocycles. The Bertz CT molecular complexity index is 287. The number of nitrogens with zero attached hydrogens (tertiary/aromatic N) is 2. The number of amides is 2. The third-order valence-electron chi connectivity index (χ3n) is 3.48. The SMILES string of the molecule is CC(C)(C)N1C[C@@H]2C(CO)NCCN2C1=O. The maximum atomic E-state index is 12.2. The molecule has 2 aliphatic rings. The molecule has 5 nitrogen and oxygen atoms in total. The smallest absolute Gasteiger partial charge is 0.320 e. The van der Waals surface area contributed by atoms with Crippen LogP contribution in [0.25, 0.3) is 0 Å². The van der Waals surface area contributed by atoms with Crippen molar-refractivity contribution in [2.24, 2.45) is 0 Å². The van der Waals surface area contributed by atoms with Crippen molar-refractivity contribution in [3.63, 3.8) is 0 Å². The molecule has 2 aliphatic heterocycles. The molecule has 0 aliphatic carbocycles. The molecule has 0 bridgehead atoms. The molecule has 0 spiro atoms. The van der Waals surface area contributed by atoms with Crippen LogP contribution in [-0.2, 0) is 0 Å². The van der Waals surface area contributed by atoms with Crippen LogP contribution in [0, 0.1) is 0 Å². The summed E-state index contributed by atoms with van der Waals surface area (Å²) in [5, 5.41) is 12.6. The van der Waals surface area contributed by atoms with Gasteiger partial charge in [0.15, 0.2) is 0 Å². The van der Waals surface area contributed by atoms with Crippen LogP contribution in [0.1, 0.15) is 20.8 Å². The average Bonchev–Trinajstić information content (AvgIpc) is 2.56. The molecule has 2 amide bonds. The number of fused-ring (bicyclic) bond motifs is 1. The van der Waals surface area contributed by atoms with Gasteiger partial charge in [-0.3, -0.25) is 0 Å². The second-order valence-electron chi connectivity index (χ2n) is 5.57. The van der Waals surface area contributed by atoms with Gasteiger partial charge in [-0.25, -0.2) is 4.79 Å². The molecule has 1 unspecified atom stereocenters. The van der Waals surface area contributed by atoms with Crippen molar-refractivity contribution in [1.82, 2.24) is 15.1 Å². The van der Waals surface area contributed by atoms with E-state index in [9.17, 15) is 9.90 Å². The van der Waals surface area contributed by atoms with E-state index in [1.807, 2.05) is 30.6 Å². The molecule has 0 aromatic carbocycles. The van der Waals surface area contributed by atoms with E-state index in [-0.39, 0.29) is 30.3 Å². The molecule has 5 heteroatoms. The molecule has 2 saturated heterocycles. The highest BCUT2D eigenvalue weighted by atomic mass is 16.3. The van der Waals surface area contributed by atoms with E-state index in [0.717, 1.165) is 13.1 Å². The number of urea groups is 1. The van der Waals surface area contributed by atoms with Gasteiger partial charge in [-0.05, 0) is 20.8 Å². The Kier molecular flexibility index (Phi) is 2.84. The van der Waals surface area contributed by atoms with Crippen molar-refractivity contribution in [2.75, 3.05) is 26.2 Å². The van der Waals surface area contributed by atoms with Crippen LogP contribution < -0.4 is 5.32 Å². The van der Waals surface area contributed by atoms with E-state index < -0.39 is 0 Å². The van der Waals surface area contributed by atoms with Crippen LogP contribution in [0.5, 0.6) is 0 Å². The van der Waals surface area contributed by atoms with E-state index in [1.165, 1.54) is 0 Å². The third kappa shape index (κ3) is 1.78. The number of carbonyl (C=O) groups excluding carboxylic acids is 1. The van der Waals surface area contributed by atoms with Crippen molar-refractivity contribution < 1.29 is 9.90 Å². The van der Waals surface area contributed by atoms with Crippen LogP contribution in [0.4, 0.5) is 4.79 Å². The van der Waals surface area contributed by atoms with Crippen LogP contribution >= 0.6 is 0 Å². The Labute approximate surface area is 96.4 Å². The van der Waals surface area contributed by atoms with Crippen molar-refractivity contribution in [2.45, 2.75) is 38.4 Å². The molecule has 2 heterocycles.